The van der Waals surface area contributed by atoms with E-state index in [0.717, 1.165) is 11.3 Å². The summed E-state index contributed by atoms with van der Waals surface area (Å²) >= 11 is 0. The Morgan fingerprint density at radius 1 is 1.29 bits per heavy atom. The lowest BCUT2D eigenvalue weighted by Crippen LogP contribution is -2.53. The van der Waals surface area contributed by atoms with Gasteiger partial charge in [-0.1, -0.05) is 26.0 Å². The van der Waals surface area contributed by atoms with E-state index in [0.29, 0.717) is 0 Å². The van der Waals surface area contributed by atoms with Crippen molar-refractivity contribution < 1.29 is 4.79 Å². The van der Waals surface area contributed by atoms with Crippen molar-refractivity contribution >= 4 is 11.6 Å². The molecule has 0 radical (unpaired) electrons. The molecule has 0 aliphatic heterocycles. The highest BCUT2D eigenvalue weighted by molar-refractivity contribution is 5.85. The third-order valence-corrected chi connectivity index (χ3v) is 4.14. The van der Waals surface area contributed by atoms with E-state index in [1.54, 1.807) is 13.8 Å². The highest BCUT2D eigenvalue weighted by Gasteiger charge is 2.31. The number of carbonyl (C=O) groups excluding carboxylic acids is 1. The summed E-state index contributed by atoms with van der Waals surface area (Å²) in [5.41, 5.74) is 2.40. The molecule has 2 atom stereocenters. The van der Waals surface area contributed by atoms with Crippen LogP contribution in [0.2, 0.25) is 0 Å². The van der Waals surface area contributed by atoms with Crippen LogP contribution in [0.5, 0.6) is 0 Å². The lowest BCUT2D eigenvalue weighted by molar-refractivity contribution is -0.123. The van der Waals surface area contributed by atoms with Crippen molar-refractivity contribution in [3.05, 3.63) is 29.3 Å². The van der Waals surface area contributed by atoms with Crippen LogP contribution in [0, 0.1) is 31.1 Å². The minimum atomic E-state index is -0.853. The van der Waals surface area contributed by atoms with Gasteiger partial charge in [0.15, 0.2) is 0 Å². The van der Waals surface area contributed by atoms with Crippen molar-refractivity contribution in [2.75, 3.05) is 5.32 Å². The summed E-state index contributed by atoms with van der Waals surface area (Å²) < 4.78 is 0. The summed E-state index contributed by atoms with van der Waals surface area (Å²) in [4.78, 5) is 12.3. The average molecular weight is 287 g/mol. The molecular formula is C17H25N3O. The quantitative estimate of drug-likeness (QED) is 0.874. The Morgan fingerprint density at radius 2 is 1.90 bits per heavy atom. The van der Waals surface area contributed by atoms with Gasteiger partial charge in [-0.3, -0.25) is 4.79 Å². The summed E-state index contributed by atoms with van der Waals surface area (Å²) in [6.45, 7) is 11.5. The molecular weight excluding hydrogens is 262 g/mol. The number of carbonyl (C=O) groups is 1. The normalized spacial score (nSPS) is 15.0. The largest absolute Gasteiger partial charge is 0.374 e. The molecule has 1 aromatic rings. The van der Waals surface area contributed by atoms with Gasteiger partial charge in [-0.2, -0.15) is 5.26 Å². The predicted octanol–water partition coefficient (Wildman–Crippen LogP) is 3.16. The van der Waals surface area contributed by atoms with Crippen LogP contribution in [-0.2, 0) is 4.79 Å². The van der Waals surface area contributed by atoms with Crippen LogP contribution in [-0.4, -0.2) is 17.5 Å². The molecule has 4 nitrogen and oxygen atoms in total. The lowest BCUT2D eigenvalue weighted by atomic mass is 9.90. The predicted molar refractivity (Wildman–Crippen MR) is 86.0 cm³/mol. The first-order valence-electron chi connectivity index (χ1n) is 7.27. The minimum absolute atomic E-state index is 0.0411. The molecule has 1 rings (SSSR count). The zero-order chi connectivity index (χ0) is 16.2. The van der Waals surface area contributed by atoms with Crippen molar-refractivity contribution in [2.24, 2.45) is 5.92 Å². The molecule has 114 valence electrons. The highest BCUT2D eigenvalue weighted by atomic mass is 16.2. The molecule has 0 aromatic heterocycles. The van der Waals surface area contributed by atoms with Gasteiger partial charge < -0.3 is 10.6 Å². The highest BCUT2D eigenvalue weighted by Crippen LogP contribution is 2.20. The van der Waals surface area contributed by atoms with E-state index in [2.05, 4.69) is 16.7 Å². The van der Waals surface area contributed by atoms with Crippen LogP contribution in [0.3, 0.4) is 0 Å². The number of nitriles is 1. The molecule has 1 aromatic carbocycles. The van der Waals surface area contributed by atoms with Gasteiger partial charge in [-0.25, -0.2) is 0 Å². The van der Waals surface area contributed by atoms with Gasteiger partial charge in [0, 0.05) is 5.69 Å². The first kappa shape index (κ1) is 17.0. The number of aryl methyl sites for hydroxylation is 1. The zero-order valence-electron chi connectivity index (χ0n) is 13.7. The van der Waals surface area contributed by atoms with E-state index >= 15 is 0 Å². The summed E-state index contributed by atoms with van der Waals surface area (Å²) in [5.74, 6) is -0.131. The minimum Gasteiger partial charge on any atom is -0.374 e. The van der Waals surface area contributed by atoms with E-state index < -0.39 is 11.6 Å². The number of nitrogens with one attached hydrogen (secondary N) is 2. The second-order valence-corrected chi connectivity index (χ2v) is 6.07. The molecule has 0 aliphatic carbocycles. The molecule has 0 unspecified atom stereocenters. The number of amides is 1. The Hall–Kier alpha value is -2.02. The first-order chi connectivity index (χ1) is 9.71. The SMILES string of the molecule is Cc1cccc(N[C@H](C)C(=O)N[C@@](C)(C#N)C(C)C)c1C. The number of anilines is 1. The zero-order valence-corrected chi connectivity index (χ0v) is 13.7. The van der Waals surface area contributed by atoms with Gasteiger partial charge in [0.2, 0.25) is 5.91 Å². The Kier molecular flexibility index (Phi) is 5.37. The summed E-state index contributed by atoms with van der Waals surface area (Å²) in [7, 11) is 0. The molecule has 0 spiro atoms. The first-order valence-corrected chi connectivity index (χ1v) is 7.27. The second-order valence-electron chi connectivity index (χ2n) is 6.07. The van der Waals surface area contributed by atoms with Gasteiger partial charge in [0.1, 0.15) is 11.6 Å². The van der Waals surface area contributed by atoms with Crippen LogP contribution >= 0.6 is 0 Å². The van der Waals surface area contributed by atoms with Crippen molar-refractivity contribution in [1.82, 2.24) is 5.32 Å². The fourth-order valence-corrected chi connectivity index (χ4v) is 1.87. The monoisotopic (exact) mass is 287 g/mol. The molecule has 0 saturated heterocycles. The van der Waals surface area contributed by atoms with E-state index in [1.165, 1.54) is 5.56 Å². The van der Waals surface area contributed by atoms with Crippen LogP contribution in [0.4, 0.5) is 5.69 Å². The molecule has 2 N–H and O–H groups in total. The van der Waals surface area contributed by atoms with Gasteiger partial charge in [-0.05, 0) is 50.8 Å². The number of benzene rings is 1. The molecule has 4 heteroatoms. The fourth-order valence-electron chi connectivity index (χ4n) is 1.87. The Labute approximate surface area is 127 Å². The molecule has 0 saturated carbocycles. The maximum atomic E-state index is 12.3. The Bertz CT molecular complexity index is 560. The smallest absolute Gasteiger partial charge is 0.243 e. The third-order valence-electron chi connectivity index (χ3n) is 4.14. The molecule has 21 heavy (non-hydrogen) atoms. The van der Waals surface area contributed by atoms with E-state index in [-0.39, 0.29) is 11.8 Å². The summed E-state index contributed by atoms with van der Waals surface area (Å²) in [5, 5.41) is 15.3. The number of hydrogen-bond donors (Lipinski definition) is 2. The number of rotatable bonds is 5. The van der Waals surface area contributed by atoms with Crippen LogP contribution in [0.25, 0.3) is 0 Å². The molecule has 1 amide bonds. The standard InChI is InChI=1S/C17H25N3O/c1-11(2)17(6,10-18)20-16(21)14(5)19-15-9-7-8-12(3)13(15)4/h7-9,11,14,19H,1-6H3,(H,20,21)/t14-,17+/m1/s1. The average Bonchev–Trinajstić information content (AvgIpc) is 2.43. The van der Waals surface area contributed by atoms with Crippen molar-refractivity contribution in [2.45, 2.75) is 53.1 Å². The number of nitrogens with zero attached hydrogens (tertiary/aromatic N) is 1. The maximum absolute atomic E-state index is 12.3. The van der Waals surface area contributed by atoms with Gasteiger partial charge in [-0.15, -0.1) is 0 Å². The van der Waals surface area contributed by atoms with Gasteiger partial charge in [0.05, 0.1) is 6.07 Å². The molecule has 0 fully saturated rings. The van der Waals surface area contributed by atoms with Crippen molar-refractivity contribution in [1.29, 1.82) is 5.26 Å². The Morgan fingerprint density at radius 3 is 2.43 bits per heavy atom. The number of hydrogen-bond acceptors (Lipinski definition) is 3. The molecule has 0 bridgehead atoms. The summed E-state index contributed by atoms with van der Waals surface area (Å²) in [6.07, 6.45) is 0. The van der Waals surface area contributed by atoms with Gasteiger partial charge in [0.25, 0.3) is 0 Å². The maximum Gasteiger partial charge on any atom is 0.243 e. The molecule has 0 heterocycles. The van der Waals surface area contributed by atoms with Crippen LogP contribution in [0.15, 0.2) is 18.2 Å². The van der Waals surface area contributed by atoms with E-state index in [1.807, 2.05) is 45.9 Å². The van der Waals surface area contributed by atoms with Crippen LogP contribution in [0.1, 0.15) is 38.8 Å². The van der Waals surface area contributed by atoms with E-state index in [4.69, 9.17) is 0 Å². The topological polar surface area (TPSA) is 64.9 Å². The fraction of sp³-hybridized carbons (Fsp3) is 0.529. The van der Waals surface area contributed by atoms with Crippen molar-refractivity contribution in [3.8, 4) is 6.07 Å². The van der Waals surface area contributed by atoms with Crippen molar-refractivity contribution in [3.63, 3.8) is 0 Å². The molecule has 0 aliphatic rings. The summed E-state index contributed by atoms with van der Waals surface area (Å²) in [6, 6.07) is 7.74. The third kappa shape index (κ3) is 3.98. The van der Waals surface area contributed by atoms with Crippen LogP contribution < -0.4 is 10.6 Å². The second kappa shape index (κ2) is 6.62. The van der Waals surface area contributed by atoms with Gasteiger partial charge >= 0.3 is 0 Å². The van der Waals surface area contributed by atoms with E-state index in [9.17, 15) is 10.1 Å². The lowest BCUT2D eigenvalue weighted by Gasteiger charge is -2.29. The Balaban J connectivity index is 2.81.